The molecule has 0 saturated heterocycles. The van der Waals surface area contributed by atoms with Crippen LogP contribution >= 0.6 is 0 Å². The Morgan fingerprint density at radius 2 is 1.78 bits per heavy atom. The number of carbonyl (C=O) groups excluding carboxylic acids is 2. The Kier molecular flexibility index (Phi) is 4.27. The molecule has 0 aromatic carbocycles. The van der Waals surface area contributed by atoms with Gasteiger partial charge in [-0.15, -0.1) is 0 Å². The fourth-order valence-electron chi connectivity index (χ4n) is 2.87. The van der Waals surface area contributed by atoms with E-state index in [9.17, 15) is 9.59 Å². The molecule has 136 valence electrons. The zero-order chi connectivity index (χ0) is 19.0. The number of nitrogens with one attached hydrogen (secondary N) is 1. The number of aromatic nitrogens is 3. The van der Waals surface area contributed by atoms with Gasteiger partial charge in [0.1, 0.15) is 11.5 Å². The van der Waals surface area contributed by atoms with Crippen molar-refractivity contribution < 1.29 is 14.3 Å². The highest BCUT2D eigenvalue weighted by molar-refractivity contribution is 5.95. The van der Waals surface area contributed by atoms with Crippen LogP contribution < -0.4 is 5.32 Å². The average Bonchev–Trinajstić information content (AvgIpc) is 3.52. The van der Waals surface area contributed by atoms with Crippen molar-refractivity contribution in [3.05, 3.63) is 48.0 Å². The number of carbonyl (C=O) groups is 2. The SMILES string of the molecule is COC(=O)c1cc(C)c(-c2cc3cnc(NC(=O)C4CC4)cc3cn2)cn1. The van der Waals surface area contributed by atoms with Gasteiger partial charge in [-0.2, -0.15) is 0 Å². The highest BCUT2D eigenvalue weighted by Crippen LogP contribution is 2.30. The van der Waals surface area contributed by atoms with Gasteiger partial charge in [0.2, 0.25) is 5.91 Å². The zero-order valence-corrected chi connectivity index (χ0v) is 15.0. The van der Waals surface area contributed by atoms with E-state index in [-0.39, 0.29) is 17.5 Å². The van der Waals surface area contributed by atoms with Gasteiger partial charge in [0, 0.05) is 40.8 Å². The smallest absolute Gasteiger partial charge is 0.356 e. The number of hydrogen-bond donors (Lipinski definition) is 1. The number of rotatable bonds is 4. The topological polar surface area (TPSA) is 94.1 Å². The monoisotopic (exact) mass is 362 g/mol. The lowest BCUT2D eigenvalue weighted by molar-refractivity contribution is -0.117. The molecule has 3 aromatic rings. The van der Waals surface area contributed by atoms with Gasteiger partial charge in [-0.25, -0.2) is 14.8 Å². The third kappa shape index (κ3) is 3.48. The Balaban J connectivity index is 1.63. The fraction of sp³-hybridized carbons (Fsp3) is 0.250. The molecule has 0 spiro atoms. The molecule has 7 nitrogen and oxygen atoms in total. The number of anilines is 1. The first kappa shape index (κ1) is 17.1. The third-order valence-corrected chi connectivity index (χ3v) is 4.58. The summed E-state index contributed by atoms with van der Waals surface area (Å²) in [7, 11) is 1.33. The summed E-state index contributed by atoms with van der Waals surface area (Å²) in [5, 5.41) is 4.63. The highest BCUT2D eigenvalue weighted by Gasteiger charge is 2.29. The second kappa shape index (κ2) is 6.75. The molecule has 27 heavy (non-hydrogen) atoms. The molecule has 4 rings (SSSR count). The number of pyridine rings is 3. The Bertz CT molecular complexity index is 1060. The van der Waals surface area contributed by atoms with Crippen LogP contribution in [0.15, 0.2) is 36.8 Å². The lowest BCUT2D eigenvalue weighted by Gasteiger charge is -2.09. The van der Waals surface area contributed by atoms with Crippen molar-refractivity contribution in [3.8, 4) is 11.3 Å². The summed E-state index contributed by atoms with van der Waals surface area (Å²) < 4.78 is 4.70. The summed E-state index contributed by atoms with van der Waals surface area (Å²) in [6.07, 6.45) is 6.98. The molecule has 0 aliphatic heterocycles. The van der Waals surface area contributed by atoms with E-state index in [0.717, 1.165) is 40.4 Å². The number of amides is 1. The van der Waals surface area contributed by atoms with Crippen molar-refractivity contribution >= 4 is 28.5 Å². The van der Waals surface area contributed by atoms with Crippen LogP contribution in [0.3, 0.4) is 0 Å². The molecule has 0 radical (unpaired) electrons. The second-order valence-corrected chi connectivity index (χ2v) is 6.63. The van der Waals surface area contributed by atoms with Crippen molar-refractivity contribution in [2.24, 2.45) is 5.92 Å². The van der Waals surface area contributed by atoms with Crippen LogP contribution in [0.1, 0.15) is 28.9 Å². The maximum Gasteiger partial charge on any atom is 0.356 e. The van der Waals surface area contributed by atoms with Gasteiger partial charge >= 0.3 is 5.97 Å². The first-order chi connectivity index (χ1) is 13.0. The van der Waals surface area contributed by atoms with Crippen LogP contribution in [0.25, 0.3) is 22.0 Å². The summed E-state index contributed by atoms with van der Waals surface area (Å²) in [5.41, 5.74) is 2.70. The highest BCUT2D eigenvalue weighted by atomic mass is 16.5. The Morgan fingerprint density at radius 1 is 1.04 bits per heavy atom. The Hall–Kier alpha value is -3.35. The largest absolute Gasteiger partial charge is 0.464 e. The minimum Gasteiger partial charge on any atom is -0.464 e. The molecule has 3 aromatic heterocycles. The summed E-state index contributed by atoms with van der Waals surface area (Å²) in [6.45, 7) is 1.89. The second-order valence-electron chi connectivity index (χ2n) is 6.63. The van der Waals surface area contributed by atoms with Gasteiger partial charge in [-0.3, -0.25) is 9.78 Å². The zero-order valence-electron chi connectivity index (χ0n) is 15.0. The molecule has 7 heteroatoms. The molecule has 0 unspecified atom stereocenters. The molecule has 3 heterocycles. The van der Waals surface area contributed by atoms with E-state index in [2.05, 4.69) is 20.3 Å². The summed E-state index contributed by atoms with van der Waals surface area (Å²) >= 11 is 0. The van der Waals surface area contributed by atoms with Crippen molar-refractivity contribution in [3.63, 3.8) is 0 Å². The molecular weight excluding hydrogens is 344 g/mol. The van der Waals surface area contributed by atoms with Gasteiger partial charge in [-0.05, 0) is 43.5 Å². The van der Waals surface area contributed by atoms with Crippen LogP contribution in [0.2, 0.25) is 0 Å². The van der Waals surface area contributed by atoms with Gasteiger partial charge < -0.3 is 10.1 Å². The Labute approximate surface area is 155 Å². The Morgan fingerprint density at radius 3 is 2.48 bits per heavy atom. The van der Waals surface area contributed by atoms with E-state index >= 15 is 0 Å². The average molecular weight is 362 g/mol. The maximum absolute atomic E-state index is 11.9. The van der Waals surface area contributed by atoms with E-state index in [1.807, 2.05) is 19.1 Å². The predicted octanol–water partition coefficient (Wildman–Crippen LogP) is 3.14. The summed E-state index contributed by atoms with van der Waals surface area (Å²) in [5.74, 6) is 0.223. The van der Waals surface area contributed by atoms with E-state index < -0.39 is 5.97 Å². The van der Waals surface area contributed by atoms with E-state index in [1.54, 1.807) is 24.7 Å². The minimum absolute atomic E-state index is 0.0267. The lowest BCUT2D eigenvalue weighted by atomic mass is 10.1. The number of aryl methyl sites for hydroxylation is 1. The van der Waals surface area contributed by atoms with E-state index in [1.165, 1.54) is 7.11 Å². The number of hydrogen-bond acceptors (Lipinski definition) is 6. The molecule has 1 saturated carbocycles. The molecule has 0 bridgehead atoms. The van der Waals surface area contributed by atoms with Crippen LogP contribution in [0.4, 0.5) is 5.82 Å². The summed E-state index contributed by atoms with van der Waals surface area (Å²) in [4.78, 5) is 36.5. The molecule has 1 aliphatic rings. The number of methoxy groups -OCH3 is 1. The molecule has 1 N–H and O–H groups in total. The van der Waals surface area contributed by atoms with Crippen molar-refractivity contribution in [1.82, 2.24) is 15.0 Å². The quantitative estimate of drug-likeness (QED) is 0.717. The van der Waals surface area contributed by atoms with Crippen LogP contribution in [-0.2, 0) is 9.53 Å². The fourth-order valence-corrected chi connectivity index (χ4v) is 2.87. The van der Waals surface area contributed by atoms with Gasteiger partial charge in [0.05, 0.1) is 12.8 Å². The molecule has 1 fully saturated rings. The number of ether oxygens (including phenoxy) is 1. The normalized spacial score (nSPS) is 13.4. The summed E-state index contributed by atoms with van der Waals surface area (Å²) in [6, 6.07) is 5.41. The molecular formula is C20H18N4O3. The standard InChI is InChI=1S/C20H18N4O3/c1-11-5-17(20(26)27-2)22-10-15(11)16-6-13-9-23-18(7-14(13)8-21-16)24-19(25)12-3-4-12/h5-10,12H,3-4H2,1-2H3,(H,23,24,25). The van der Waals surface area contributed by atoms with Crippen LogP contribution in [0.5, 0.6) is 0 Å². The van der Waals surface area contributed by atoms with Crippen molar-refractivity contribution in [2.75, 3.05) is 12.4 Å². The first-order valence-corrected chi connectivity index (χ1v) is 8.67. The number of fused-ring (bicyclic) bond motifs is 1. The predicted molar refractivity (Wildman–Crippen MR) is 100 cm³/mol. The van der Waals surface area contributed by atoms with Gasteiger partial charge in [0.15, 0.2) is 0 Å². The minimum atomic E-state index is -0.471. The van der Waals surface area contributed by atoms with Crippen LogP contribution in [-0.4, -0.2) is 33.9 Å². The van der Waals surface area contributed by atoms with Gasteiger partial charge in [0.25, 0.3) is 0 Å². The first-order valence-electron chi connectivity index (χ1n) is 8.67. The van der Waals surface area contributed by atoms with E-state index in [0.29, 0.717) is 5.82 Å². The molecule has 1 aliphatic carbocycles. The van der Waals surface area contributed by atoms with Gasteiger partial charge in [-0.1, -0.05) is 0 Å². The maximum atomic E-state index is 11.9. The van der Waals surface area contributed by atoms with Crippen molar-refractivity contribution in [1.29, 1.82) is 0 Å². The lowest BCUT2D eigenvalue weighted by Crippen LogP contribution is -2.14. The molecule has 1 amide bonds. The number of nitrogens with zero attached hydrogens (tertiary/aromatic N) is 3. The van der Waals surface area contributed by atoms with E-state index in [4.69, 9.17) is 4.74 Å². The van der Waals surface area contributed by atoms with Crippen LogP contribution in [0, 0.1) is 12.8 Å². The molecule has 0 atom stereocenters. The van der Waals surface area contributed by atoms with Crippen molar-refractivity contribution in [2.45, 2.75) is 19.8 Å². The third-order valence-electron chi connectivity index (χ3n) is 4.58. The number of esters is 1.